The highest BCUT2D eigenvalue weighted by Crippen LogP contribution is 2.62. The number of thiazole rings is 1. The lowest BCUT2D eigenvalue weighted by atomic mass is 9.44. The fourth-order valence-electron chi connectivity index (χ4n) is 9.97. The molecule has 358 valence electrons. The molecule has 1 saturated carbocycles. The first-order chi connectivity index (χ1) is 31.7. The maximum atomic E-state index is 14.0. The molecule has 3 amide bonds. The Morgan fingerprint density at radius 2 is 1.61 bits per heavy atom. The molecule has 1 aromatic heterocycles. The van der Waals surface area contributed by atoms with Gasteiger partial charge in [-0.3, -0.25) is 19.2 Å². The third-order valence-corrected chi connectivity index (χ3v) is 14.8. The van der Waals surface area contributed by atoms with Gasteiger partial charge < -0.3 is 30.1 Å². The van der Waals surface area contributed by atoms with Crippen LogP contribution in [0.1, 0.15) is 127 Å². The summed E-state index contributed by atoms with van der Waals surface area (Å²) in [6, 6.07) is 20.7. The van der Waals surface area contributed by atoms with Gasteiger partial charge in [-0.25, -0.2) is 4.98 Å². The van der Waals surface area contributed by atoms with Crippen LogP contribution in [0, 0.1) is 40.4 Å². The van der Waals surface area contributed by atoms with E-state index in [9.17, 15) is 29.5 Å². The Kier molecular flexibility index (Phi) is 16.6. The monoisotopic (exact) mass is 951 g/mol. The number of hydrogen-bond acceptors (Lipinski definition) is 10. The predicted octanol–water partition coefficient (Wildman–Crippen LogP) is 9.87. The Balaban J connectivity index is 0.878. The number of β-amino-alcohol motifs (C(OH)–C–C–N with tert-alkyl or cyclic N) is 1. The van der Waals surface area contributed by atoms with E-state index in [-0.39, 0.29) is 72.3 Å². The highest BCUT2D eigenvalue weighted by Gasteiger charge is 2.63. The van der Waals surface area contributed by atoms with Gasteiger partial charge in [-0.05, 0) is 78.6 Å². The number of likely N-dealkylation sites (tertiary alicyclic amines) is 1. The Bertz CT molecular complexity index is 2400. The molecule has 14 heteroatoms. The minimum Gasteiger partial charge on any atom is -0.494 e. The van der Waals surface area contributed by atoms with Crippen LogP contribution in [0.5, 0.6) is 11.5 Å². The van der Waals surface area contributed by atoms with Crippen molar-refractivity contribution in [3.8, 4) is 28.0 Å². The standard InChI is InChI=1S/C53H66ClN5O7S/c1-33-46(67-32-57-33)36-17-15-34(16-18-36)30-56-48(63)42-26-38(60)31-59(42)49(64)47(51(2,3)4)58-45(62)14-12-10-9-11-13-25-65-39-22-19-35(20-23-39)43(61)28-44-52(5,6)50(53(44,7)8)66-40-24-21-37(29-55)41(54)27-40/h15-24,27,32,38,42,44,47,50,60H,9-14,25-26,28,30-31H2,1-8H3,(H,56,63)(H,58,62)/t38-,42?,44?,47?,50?/m1/s1. The number of carbonyl (C=O) groups is 4. The molecular formula is C53H66ClN5O7S. The molecule has 4 aromatic rings. The number of halogens is 1. The molecule has 3 atom stereocenters. The Labute approximate surface area is 404 Å². The molecule has 0 spiro atoms. The number of aromatic nitrogens is 1. The summed E-state index contributed by atoms with van der Waals surface area (Å²) in [6.45, 7) is 17.0. The summed E-state index contributed by atoms with van der Waals surface area (Å²) in [4.78, 5) is 61.0. The molecule has 1 aliphatic carbocycles. The van der Waals surface area contributed by atoms with Crippen LogP contribution < -0.4 is 20.1 Å². The lowest BCUT2D eigenvalue weighted by Gasteiger charge is -2.63. The Morgan fingerprint density at radius 1 is 0.955 bits per heavy atom. The quantitative estimate of drug-likeness (QED) is 0.0576. The molecule has 2 fully saturated rings. The van der Waals surface area contributed by atoms with Crippen molar-refractivity contribution in [3.63, 3.8) is 0 Å². The Morgan fingerprint density at radius 3 is 2.24 bits per heavy atom. The second-order valence-electron chi connectivity index (χ2n) is 20.4. The van der Waals surface area contributed by atoms with Crippen LogP contribution in [-0.4, -0.2) is 75.9 Å². The number of hydrogen-bond donors (Lipinski definition) is 3. The molecule has 6 rings (SSSR count). The topological polar surface area (TPSA) is 171 Å². The number of amides is 3. The van der Waals surface area contributed by atoms with E-state index in [0.29, 0.717) is 47.1 Å². The smallest absolute Gasteiger partial charge is 0.246 e. The van der Waals surface area contributed by atoms with Crippen LogP contribution in [0.4, 0.5) is 0 Å². The van der Waals surface area contributed by atoms with Gasteiger partial charge in [0, 0.05) is 54.8 Å². The van der Waals surface area contributed by atoms with Gasteiger partial charge in [0.15, 0.2) is 5.78 Å². The van der Waals surface area contributed by atoms with Crippen molar-refractivity contribution in [2.75, 3.05) is 13.2 Å². The molecule has 12 nitrogen and oxygen atoms in total. The highest BCUT2D eigenvalue weighted by atomic mass is 35.5. The molecule has 1 saturated heterocycles. The predicted molar refractivity (Wildman–Crippen MR) is 262 cm³/mol. The van der Waals surface area contributed by atoms with E-state index in [2.05, 4.69) is 49.4 Å². The van der Waals surface area contributed by atoms with Crippen molar-refractivity contribution in [3.05, 3.63) is 99.6 Å². The van der Waals surface area contributed by atoms with Crippen LogP contribution in [0.2, 0.25) is 5.02 Å². The number of aryl methyl sites for hydroxylation is 1. The third-order valence-electron chi connectivity index (χ3n) is 13.6. The van der Waals surface area contributed by atoms with Crippen molar-refractivity contribution in [2.45, 2.75) is 138 Å². The van der Waals surface area contributed by atoms with Crippen LogP contribution in [0.25, 0.3) is 10.4 Å². The number of ether oxygens (including phenoxy) is 2. The van der Waals surface area contributed by atoms with E-state index in [0.717, 1.165) is 47.4 Å². The number of benzene rings is 3. The number of rotatable bonds is 20. The molecule has 2 unspecified atom stereocenters. The zero-order valence-corrected chi connectivity index (χ0v) is 41.7. The van der Waals surface area contributed by atoms with E-state index in [1.54, 1.807) is 29.5 Å². The summed E-state index contributed by atoms with van der Waals surface area (Å²) in [5, 5.41) is 26.1. The van der Waals surface area contributed by atoms with Gasteiger partial charge in [0.05, 0.1) is 39.4 Å². The number of aliphatic hydroxyl groups excluding tert-OH is 1. The minimum atomic E-state index is -0.870. The van der Waals surface area contributed by atoms with Gasteiger partial charge in [0.1, 0.15) is 35.8 Å². The van der Waals surface area contributed by atoms with E-state index in [1.165, 1.54) is 4.90 Å². The first-order valence-electron chi connectivity index (χ1n) is 23.4. The van der Waals surface area contributed by atoms with Gasteiger partial charge in [-0.2, -0.15) is 5.26 Å². The van der Waals surface area contributed by atoms with E-state index in [1.807, 2.05) is 81.7 Å². The molecule has 2 aliphatic rings. The molecule has 67 heavy (non-hydrogen) atoms. The van der Waals surface area contributed by atoms with Gasteiger partial charge in [0.25, 0.3) is 0 Å². The van der Waals surface area contributed by atoms with Crippen molar-refractivity contribution in [1.82, 2.24) is 20.5 Å². The van der Waals surface area contributed by atoms with Crippen LogP contribution in [-0.2, 0) is 20.9 Å². The lowest BCUT2D eigenvalue weighted by Crippen LogP contribution is -2.66. The van der Waals surface area contributed by atoms with Gasteiger partial charge >= 0.3 is 0 Å². The lowest BCUT2D eigenvalue weighted by molar-refractivity contribution is -0.196. The molecule has 2 heterocycles. The summed E-state index contributed by atoms with van der Waals surface area (Å²) in [6.07, 6.45) is 4.00. The normalized spacial score (nSPS) is 20.0. The van der Waals surface area contributed by atoms with E-state index < -0.39 is 23.6 Å². The minimum absolute atomic E-state index is 0.0207. The zero-order valence-electron chi connectivity index (χ0n) is 40.1. The summed E-state index contributed by atoms with van der Waals surface area (Å²) < 4.78 is 12.4. The number of nitrogens with one attached hydrogen (secondary N) is 2. The number of aliphatic hydroxyl groups is 1. The van der Waals surface area contributed by atoms with Crippen molar-refractivity contribution in [2.24, 2.45) is 22.2 Å². The molecule has 0 radical (unpaired) electrons. The SMILES string of the molecule is Cc1ncsc1-c1ccc(CNC(=O)C2C[C@@H](O)CN2C(=O)C(NC(=O)CCCCCCCOc2ccc(C(=O)CC3C(C)(C)C(Oc4ccc(C#N)c(Cl)c4)C3(C)C)cc2)C(C)(C)C)cc1. The molecular weight excluding hydrogens is 886 g/mol. The zero-order chi connectivity index (χ0) is 48.7. The molecule has 1 aliphatic heterocycles. The van der Waals surface area contributed by atoms with Crippen LogP contribution >= 0.6 is 22.9 Å². The van der Waals surface area contributed by atoms with E-state index >= 15 is 0 Å². The van der Waals surface area contributed by atoms with Gasteiger partial charge in [0.2, 0.25) is 17.7 Å². The van der Waals surface area contributed by atoms with Crippen molar-refractivity contribution >= 4 is 46.4 Å². The summed E-state index contributed by atoms with van der Waals surface area (Å²) in [5.74, 6) is 0.531. The second-order valence-corrected chi connectivity index (χ2v) is 21.7. The molecule has 3 aromatic carbocycles. The van der Waals surface area contributed by atoms with Crippen molar-refractivity contribution in [1.29, 1.82) is 5.26 Å². The number of Topliss-reactive ketones (excluding diaryl/α,β-unsaturated/α-hetero) is 1. The number of nitriles is 1. The Hall–Kier alpha value is -5.29. The maximum absolute atomic E-state index is 14.0. The van der Waals surface area contributed by atoms with Crippen LogP contribution in [0.3, 0.4) is 0 Å². The third kappa shape index (κ3) is 12.4. The average molecular weight is 953 g/mol. The summed E-state index contributed by atoms with van der Waals surface area (Å²) in [5.41, 5.74) is 4.63. The molecule has 3 N–H and O–H groups in total. The maximum Gasteiger partial charge on any atom is 0.246 e. The molecule has 0 bridgehead atoms. The summed E-state index contributed by atoms with van der Waals surface area (Å²) in [7, 11) is 0. The van der Waals surface area contributed by atoms with Crippen molar-refractivity contribution < 1.29 is 33.8 Å². The van der Waals surface area contributed by atoms with E-state index in [4.69, 9.17) is 21.1 Å². The second kappa shape index (κ2) is 21.8. The van der Waals surface area contributed by atoms with Gasteiger partial charge in [-0.15, -0.1) is 11.3 Å². The largest absolute Gasteiger partial charge is 0.494 e. The fourth-order valence-corrected chi connectivity index (χ4v) is 11.0. The van der Waals surface area contributed by atoms with Crippen LogP contribution in [0.15, 0.2) is 72.2 Å². The fraction of sp³-hybridized carbons (Fsp3) is 0.509. The van der Waals surface area contributed by atoms with Gasteiger partial charge in [-0.1, -0.05) is 104 Å². The first kappa shape index (κ1) is 51.1. The average Bonchev–Trinajstić information content (AvgIpc) is 3.91. The number of nitrogens with zero attached hydrogens (tertiary/aromatic N) is 3. The number of ketones is 1. The number of carbonyl (C=O) groups excluding carboxylic acids is 4. The number of unbranched alkanes of at least 4 members (excludes halogenated alkanes) is 4. The highest BCUT2D eigenvalue weighted by molar-refractivity contribution is 7.13. The summed E-state index contributed by atoms with van der Waals surface area (Å²) >= 11 is 7.83. The first-order valence-corrected chi connectivity index (χ1v) is 24.6.